The molecule has 12 heavy (non-hydrogen) atoms. The first-order chi connectivity index (χ1) is 5.18. The summed E-state index contributed by atoms with van der Waals surface area (Å²) in [7, 11) is 0. The van der Waals surface area contributed by atoms with Crippen molar-refractivity contribution in [3.05, 3.63) is 0 Å². The quantitative estimate of drug-likeness (QED) is 0.585. The van der Waals surface area contributed by atoms with Gasteiger partial charge in [-0.15, -0.1) is 0 Å². The maximum absolute atomic E-state index is 9.02. The second-order valence-corrected chi connectivity index (χ2v) is 5.71. The van der Waals surface area contributed by atoms with E-state index in [9.17, 15) is 0 Å². The summed E-state index contributed by atoms with van der Waals surface area (Å²) in [6.07, 6.45) is 0. The van der Waals surface area contributed by atoms with Crippen LogP contribution in [-0.2, 0) is 0 Å². The van der Waals surface area contributed by atoms with Crippen LogP contribution in [0.4, 0.5) is 0 Å². The summed E-state index contributed by atoms with van der Waals surface area (Å²) in [5.74, 6) is 0.530. The third-order valence-corrected chi connectivity index (χ3v) is 4.03. The number of hydrogen-bond acceptors (Lipinski definition) is 1. The molecule has 68 valence electrons. The summed E-state index contributed by atoms with van der Waals surface area (Å²) in [4.78, 5) is 0. The summed E-state index contributed by atoms with van der Waals surface area (Å²) in [5.41, 5.74) is 0.478. The third kappa shape index (κ3) is 0.905. The van der Waals surface area contributed by atoms with E-state index in [2.05, 4.69) is 33.8 Å². The average Bonchev–Trinajstić information content (AvgIpc) is 2.25. The zero-order valence-corrected chi connectivity index (χ0v) is 9.02. The summed E-state index contributed by atoms with van der Waals surface area (Å²) < 4.78 is 0. The van der Waals surface area contributed by atoms with Gasteiger partial charge in [0.05, 0.1) is 11.5 Å². The molecule has 1 aliphatic rings. The average molecular weight is 165 g/mol. The first-order valence-corrected chi connectivity index (χ1v) is 4.59. The summed E-state index contributed by atoms with van der Waals surface area (Å²) in [6.45, 7) is 13.1. The van der Waals surface area contributed by atoms with E-state index in [4.69, 9.17) is 5.26 Å². The number of nitriles is 1. The minimum absolute atomic E-state index is 0.174. The lowest BCUT2D eigenvalue weighted by Gasteiger charge is -2.17. The van der Waals surface area contributed by atoms with Gasteiger partial charge in [0.1, 0.15) is 0 Å². The van der Waals surface area contributed by atoms with Crippen molar-refractivity contribution in [3.8, 4) is 6.07 Å². The summed E-state index contributed by atoms with van der Waals surface area (Å²) in [6, 6.07) is 2.41. The van der Waals surface area contributed by atoms with Crippen molar-refractivity contribution in [1.29, 1.82) is 5.26 Å². The minimum atomic E-state index is -0.174. The van der Waals surface area contributed by atoms with Crippen LogP contribution in [0.5, 0.6) is 0 Å². The van der Waals surface area contributed by atoms with Gasteiger partial charge in [0.15, 0.2) is 0 Å². The molecule has 1 aliphatic carbocycles. The Kier molecular flexibility index (Phi) is 1.63. The van der Waals surface area contributed by atoms with Crippen molar-refractivity contribution in [2.24, 2.45) is 22.2 Å². The fourth-order valence-electron chi connectivity index (χ4n) is 3.07. The highest BCUT2D eigenvalue weighted by Gasteiger charge is 2.69. The molecular formula is C11H19N. The Hall–Kier alpha value is -0.510. The second-order valence-electron chi connectivity index (χ2n) is 5.71. The zero-order valence-electron chi connectivity index (χ0n) is 9.02. The molecule has 0 unspecified atom stereocenters. The Morgan fingerprint density at radius 2 is 1.42 bits per heavy atom. The topological polar surface area (TPSA) is 23.8 Å². The van der Waals surface area contributed by atoms with Gasteiger partial charge < -0.3 is 0 Å². The van der Waals surface area contributed by atoms with Crippen LogP contribution in [-0.4, -0.2) is 0 Å². The van der Waals surface area contributed by atoms with Crippen LogP contribution < -0.4 is 0 Å². The SMILES string of the molecule is CC(C)(C#N)C1C(C)(C)C1(C)C. The van der Waals surface area contributed by atoms with E-state index in [1.165, 1.54) is 0 Å². The smallest absolute Gasteiger partial charge is 0.0687 e. The Morgan fingerprint density at radius 3 is 1.50 bits per heavy atom. The van der Waals surface area contributed by atoms with Crippen LogP contribution in [0.15, 0.2) is 0 Å². The fraction of sp³-hybridized carbons (Fsp3) is 0.909. The minimum Gasteiger partial charge on any atom is -0.198 e. The molecule has 0 spiro atoms. The molecule has 0 heterocycles. The molecule has 0 N–H and O–H groups in total. The van der Waals surface area contributed by atoms with Crippen molar-refractivity contribution in [2.75, 3.05) is 0 Å². The lowest BCUT2D eigenvalue weighted by atomic mass is 9.84. The van der Waals surface area contributed by atoms with E-state index in [0.29, 0.717) is 16.7 Å². The van der Waals surface area contributed by atoms with Crippen LogP contribution in [0.1, 0.15) is 41.5 Å². The standard InChI is InChI=1S/C11H19N/c1-9(2,7-12)8-10(3,4)11(8,5)6/h8H,1-6H3. The lowest BCUT2D eigenvalue weighted by Crippen LogP contribution is -2.15. The molecule has 1 rings (SSSR count). The fourth-order valence-corrected chi connectivity index (χ4v) is 3.07. The van der Waals surface area contributed by atoms with Crippen molar-refractivity contribution in [2.45, 2.75) is 41.5 Å². The van der Waals surface area contributed by atoms with Gasteiger partial charge in [-0.25, -0.2) is 0 Å². The van der Waals surface area contributed by atoms with Crippen molar-refractivity contribution < 1.29 is 0 Å². The van der Waals surface area contributed by atoms with Crippen molar-refractivity contribution in [1.82, 2.24) is 0 Å². The molecule has 0 aromatic carbocycles. The molecule has 0 aromatic rings. The Morgan fingerprint density at radius 1 is 1.08 bits per heavy atom. The van der Waals surface area contributed by atoms with Crippen LogP contribution in [0.25, 0.3) is 0 Å². The predicted molar refractivity (Wildman–Crippen MR) is 50.4 cm³/mol. The lowest BCUT2D eigenvalue weighted by molar-refractivity contribution is 0.346. The van der Waals surface area contributed by atoms with Gasteiger partial charge in [-0.05, 0) is 30.6 Å². The van der Waals surface area contributed by atoms with E-state index in [1.54, 1.807) is 0 Å². The largest absolute Gasteiger partial charge is 0.198 e. The predicted octanol–water partition coefficient (Wildman–Crippen LogP) is 3.22. The summed E-state index contributed by atoms with van der Waals surface area (Å²) in [5, 5.41) is 9.02. The highest BCUT2D eigenvalue weighted by Crippen LogP contribution is 2.73. The Labute approximate surface area is 75.8 Å². The number of hydrogen-bond donors (Lipinski definition) is 0. The van der Waals surface area contributed by atoms with Crippen molar-refractivity contribution >= 4 is 0 Å². The van der Waals surface area contributed by atoms with Crippen LogP contribution >= 0.6 is 0 Å². The Bertz CT molecular complexity index is 226. The first kappa shape index (κ1) is 9.58. The summed E-state index contributed by atoms with van der Waals surface area (Å²) >= 11 is 0. The van der Waals surface area contributed by atoms with Gasteiger partial charge >= 0.3 is 0 Å². The monoisotopic (exact) mass is 165 g/mol. The van der Waals surface area contributed by atoms with E-state index >= 15 is 0 Å². The number of nitrogens with zero attached hydrogens (tertiary/aromatic N) is 1. The second kappa shape index (κ2) is 2.05. The third-order valence-electron chi connectivity index (χ3n) is 4.03. The van der Waals surface area contributed by atoms with Gasteiger partial charge in [0.2, 0.25) is 0 Å². The molecule has 1 nitrogen and oxygen atoms in total. The highest BCUT2D eigenvalue weighted by molar-refractivity contribution is 5.21. The zero-order chi connectivity index (χ0) is 9.78. The number of rotatable bonds is 1. The van der Waals surface area contributed by atoms with E-state index in [0.717, 1.165) is 0 Å². The van der Waals surface area contributed by atoms with Gasteiger partial charge in [-0.2, -0.15) is 5.26 Å². The molecule has 0 aromatic heterocycles. The maximum atomic E-state index is 9.02. The molecular weight excluding hydrogens is 146 g/mol. The van der Waals surface area contributed by atoms with Gasteiger partial charge in [0.25, 0.3) is 0 Å². The first-order valence-electron chi connectivity index (χ1n) is 4.59. The van der Waals surface area contributed by atoms with E-state index in [1.807, 2.05) is 13.8 Å². The van der Waals surface area contributed by atoms with Gasteiger partial charge in [-0.1, -0.05) is 27.7 Å². The Balaban J connectivity index is 2.93. The van der Waals surface area contributed by atoms with Crippen LogP contribution in [0, 0.1) is 33.5 Å². The van der Waals surface area contributed by atoms with Crippen LogP contribution in [0.2, 0.25) is 0 Å². The highest BCUT2D eigenvalue weighted by atomic mass is 14.7. The molecule has 0 aliphatic heterocycles. The van der Waals surface area contributed by atoms with Gasteiger partial charge in [0, 0.05) is 0 Å². The normalized spacial score (nSPS) is 26.4. The van der Waals surface area contributed by atoms with E-state index in [-0.39, 0.29) is 5.41 Å². The van der Waals surface area contributed by atoms with Crippen molar-refractivity contribution in [3.63, 3.8) is 0 Å². The molecule has 1 fully saturated rings. The molecule has 1 heteroatoms. The van der Waals surface area contributed by atoms with Gasteiger partial charge in [-0.3, -0.25) is 0 Å². The van der Waals surface area contributed by atoms with E-state index < -0.39 is 0 Å². The molecule has 0 atom stereocenters. The molecule has 1 saturated carbocycles. The molecule has 0 amide bonds. The molecule has 0 bridgehead atoms. The van der Waals surface area contributed by atoms with Crippen LogP contribution in [0.3, 0.4) is 0 Å². The molecule has 0 radical (unpaired) electrons. The maximum Gasteiger partial charge on any atom is 0.0687 e. The molecule has 0 saturated heterocycles.